The molecule has 0 saturated heterocycles. The number of anilines is 1. The molecule has 0 saturated carbocycles. The number of hydrogen-bond donors (Lipinski definition) is 2. The van der Waals surface area contributed by atoms with Gasteiger partial charge in [-0.25, -0.2) is 5.43 Å². The molecule has 0 aromatic heterocycles. The molecule has 8 nitrogen and oxygen atoms in total. The van der Waals surface area contributed by atoms with Crippen LogP contribution in [-0.2, 0) is 11.4 Å². The van der Waals surface area contributed by atoms with Crippen LogP contribution < -0.4 is 25.0 Å². The van der Waals surface area contributed by atoms with Crippen LogP contribution in [0, 0.1) is 13.8 Å². The summed E-state index contributed by atoms with van der Waals surface area (Å²) in [6.45, 7) is 6.40. The van der Waals surface area contributed by atoms with E-state index in [0.29, 0.717) is 41.6 Å². The number of nitrogens with zero attached hydrogens (tertiary/aromatic N) is 1. The SMILES string of the molecule is CCOc1cc(C(=O)N/N=C/c2cc(Br)ccc2OCC(=O)Nc2ccc(C)cc2C)ccc1OCc1ccccc1. The van der Waals surface area contributed by atoms with Gasteiger partial charge in [0.05, 0.1) is 12.8 Å². The zero-order chi connectivity index (χ0) is 29.9. The van der Waals surface area contributed by atoms with Crippen LogP contribution in [0.1, 0.15) is 39.5 Å². The fourth-order valence-electron chi connectivity index (χ4n) is 4.03. The van der Waals surface area contributed by atoms with E-state index in [1.807, 2.05) is 69.3 Å². The van der Waals surface area contributed by atoms with Crippen molar-refractivity contribution in [2.45, 2.75) is 27.4 Å². The average Bonchev–Trinajstić information content (AvgIpc) is 2.98. The van der Waals surface area contributed by atoms with Gasteiger partial charge in [-0.3, -0.25) is 9.59 Å². The Bertz CT molecular complexity index is 1570. The highest BCUT2D eigenvalue weighted by Gasteiger charge is 2.13. The van der Waals surface area contributed by atoms with E-state index in [1.165, 1.54) is 6.21 Å². The maximum atomic E-state index is 12.9. The Morgan fingerprint density at radius 1 is 0.857 bits per heavy atom. The number of aryl methyl sites for hydroxylation is 2. The first kappa shape index (κ1) is 30.3. The van der Waals surface area contributed by atoms with E-state index in [1.54, 1.807) is 36.4 Å². The zero-order valence-electron chi connectivity index (χ0n) is 23.6. The molecule has 2 N–H and O–H groups in total. The molecule has 4 rings (SSSR count). The Morgan fingerprint density at radius 3 is 2.40 bits per heavy atom. The van der Waals surface area contributed by atoms with Gasteiger partial charge < -0.3 is 19.5 Å². The molecule has 0 fully saturated rings. The highest BCUT2D eigenvalue weighted by Crippen LogP contribution is 2.29. The van der Waals surface area contributed by atoms with Crippen molar-refractivity contribution < 1.29 is 23.8 Å². The minimum Gasteiger partial charge on any atom is -0.490 e. The lowest BCUT2D eigenvalue weighted by Gasteiger charge is -2.13. The molecular formula is C33H32BrN3O5. The molecule has 0 aliphatic carbocycles. The predicted octanol–water partition coefficient (Wildman–Crippen LogP) is 6.83. The van der Waals surface area contributed by atoms with Gasteiger partial charge in [0.1, 0.15) is 12.4 Å². The first-order chi connectivity index (χ1) is 20.3. The zero-order valence-corrected chi connectivity index (χ0v) is 25.2. The van der Waals surface area contributed by atoms with Crippen molar-refractivity contribution >= 4 is 39.6 Å². The molecule has 0 bridgehead atoms. The summed E-state index contributed by atoms with van der Waals surface area (Å²) in [5.74, 6) is 0.727. The number of hydrogen-bond acceptors (Lipinski definition) is 6. The summed E-state index contributed by atoms with van der Waals surface area (Å²) in [7, 11) is 0. The summed E-state index contributed by atoms with van der Waals surface area (Å²) >= 11 is 3.44. The Morgan fingerprint density at radius 2 is 1.64 bits per heavy atom. The molecule has 0 aliphatic rings. The van der Waals surface area contributed by atoms with Crippen LogP contribution in [0.3, 0.4) is 0 Å². The van der Waals surface area contributed by atoms with Crippen molar-refractivity contribution in [2.75, 3.05) is 18.5 Å². The third-order valence-corrected chi connectivity index (χ3v) is 6.59. The van der Waals surface area contributed by atoms with Gasteiger partial charge >= 0.3 is 0 Å². The molecule has 9 heteroatoms. The number of carbonyl (C=O) groups is 2. The summed E-state index contributed by atoms with van der Waals surface area (Å²) in [5, 5.41) is 6.98. The van der Waals surface area contributed by atoms with Crippen LogP contribution in [-0.4, -0.2) is 31.2 Å². The van der Waals surface area contributed by atoms with Gasteiger partial charge in [-0.1, -0.05) is 64.0 Å². The van der Waals surface area contributed by atoms with Gasteiger partial charge in [0, 0.05) is 21.3 Å². The number of halogens is 1. The fraction of sp³-hybridized carbons (Fsp3) is 0.182. The van der Waals surface area contributed by atoms with Crippen molar-refractivity contribution in [1.29, 1.82) is 0 Å². The molecular weight excluding hydrogens is 598 g/mol. The van der Waals surface area contributed by atoms with Crippen LogP contribution in [0.15, 0.2) is 94.5 Å². The molecule has 0 spiro atoms. The molecule has 0 radical (unpaired) electrons. The predicted molar refractivity (Wildman–Crippen MR) is 168 cm³/mol. The van der Waals surface area contributed by atoms with Gasteiger partial charge in [0.25, 0.3) is 11.8 Å². The minimum absolute atomic E-state index is 0.193. The molecule has 0 unspecified atom stereocenters. The van der Waals surface area contributed by atoms with E-state index in [0.717, 1.165) is 26.9 Å². The molecule has 216 valence electrons. The first-order valence-corrected chi connectivity index (χ1v) is 14.2. The van der Waals surface area contributed by atoms with E-state index in [-0.39, 0.29) is 12.5 Å². The van der Waals surface area contributed by atoms with Gasteiger partial charge in [0.15, 0.2) is 18.1 Å². The third kappa shape index (κ3) is 8.68. The van der Waals surface area contributed by atoms with Crippen molar-refractivity contribution in [2.24, 2.45) is 5.10 Å². The first-order valence-electron chi connectivity index (χ1n) is 13.4. The monoisotopic (exact) mass is 629 g/mol. The maximum Gasteiger partial charge on any atom is 0.271 e. The van der Waals surface area contributed by atoms with Gasteiger partial charge in [-0.05, 0) is 74.4 Å². The highest BCUT2D eigenvalue weighted by molar-refractivity contribution is 9.10. The summed E-state index contributed by atoms with van der Waals surface area (Å²) in [4.78, 5) is 25.4. The topological polar surface area (TPSA) is 98.3 Å². The molecule has 4 aromatic carbocycles. The third-order valence-electron chi connectivity index (χ3n) is 6.10. The van der Waals surface area contributed by atoms with Crippen molar-refractivity contribution in [3.63, 3.8) is 0 Å². The smallest absolute Gasteiger partial charge is 0.271 e. The molecule has 0 atom stereocenters. The maximum absolute atomic E-state index is 12.9. The molecule has 2 amide bonds. The van der Waals surface area contributed by atoms with Crippen LogP contribution in [0.25, 0.3) is 0 Å². The molecule has 0 heterocycles. The number of carbonyl (C=O) groups excluding carboxylic acids is 2. The quantitative estimate of drug-likeness (QED) is 0.132. The number of rotatable bonds is 12. The standard InChI is InChI=1S/C33H32BrN3O5/c1-4-40-31-18-25(11-14-30(31)41-20-24-8-6-5-7-9-24)33(39)37-35-19-26-17-27(34)12-15-29(26)42-21-32(38)36-28-13-10-22(2)16-23(28)3/h5-19H,4,20-21H2,1-3H3,(H,36,38)(H,37,39)/b35-19+. The van der Waals surface area contributed by atoms with Crippen LogP contribution in [0.5, 0.6) is 17.2 Å². The van der Waals surface area contributed by atoms with Crippen LogP contribution >= 0.6 is 15.9 Å². The molecule has 0 aliphatic heterocycles. The summed E-state index contributed by atoms with van der Waals surface area (Å²) in [6, 6.07) is 25.9. The van der Waals surface area contributed by atoms with E-state index >= 15 is 0 Å². The number of ether oxygens (including phenoxy) is 3. The summed E-state index contributed by atoms with van der Waals surface area (Å²) in [5.41, 5.74) is 7.31. The van der Waals surface area contributed by atoms with E-state index in [4.69, 9.17) is 14.2 Å². The van der Waals surface area contributed by atoms with Gasteiger partial charge in [-0.2, -0.15) is 5.10 Å². The molecule has 4 aromatic rings. The lowest BCUT2D eigenvalue weighted by atomic mass is 10.1. The highest BCUT2D eigenvalue weighted by atomic mass is 79.9. The van der Waals surface area contributed by atoms with E-state index in [9.17, 15) is 9.59 Å². The Hall–Kier alpha value is -4.63. The van der Waals surface area contributed by atoms with Crippen LogP contribution in [0.4, 0.5) is 5.69 Å². The fourth-order valence-corrected chi connectivity index (χ4v) is 4.41. The van der Waals surface area contributed by atoms with Crippen molar-refractivity contribution in [3.05, 3.63) is 117 Å². The Labute approximate surface area is 253 Å². The van der Waals surface area contributed by atoms with Gasteiger partial charge in [-0.15, -0.1) is 0 Å². The Balaban J connectivity index is 1.38. The largest absolute Gasteiger partial charge is 0.490 e. The lowest BCUT2D eigenvalue weighted by molar-refractivity contribution is -0.118. The number of hydrazone groups is 1. The average molecular weight is 631 g/mol. The number of nitrogens with one attached hydrogen (secondary N) is 2. The number of benzene rings is 4. The minimum atomic E-state index is -0.424. The van der Waals surface area contributed by atoms with Crippen LogP contribution in [0.2, 0.25) is 0 Å². The van der Waals surface area contributed by atoms with Crippen molar-refractivity contribution in [3.8, 4) is 17.2 Å². The van der Waals surface area contributed by atoms with Gasteiger partial charge in [0.2, 0.25) is 0 Å². The summed E-state index contributed by atoms with van der Waals surface area (Å²) in [6.07, 6.45) is 1.46. The lowest BCUT2D eigenvalue weighted by Crippen LogP contribution is -2.21. The second kappa shape index (κ2) is 14.8. The second-order valence-electron chi connectivity index (χ2n) is 9.41. The second-order valence-corrected chi connectivity index (χ2v) is 10.3. The number of amides is 2. The Kier molecular flexibility index (Phi) is 10.7. The van der Waals surface area contributed by atoms with Crippen molar-refractivity contribution in [1.82, 2.24) is 5.43 Å². The summed E-state index contributed by atoms with van der Waals surface area (Å²) < 4.78 is 18.2. The molecule has 42 heavy (non-hydrogen) atoms. The van der Waals surface area contributed by atoms with E-state index < -0.39 is 5.91 Å². The normalized spacial score (nSPS) is 10.8. The van der Waals surface area contributed by atoms with E-state index in [2.05, 4.69) is 31.8 Å².